The molecule has 1 spiro atoms. The van der Waals surface area contributed by atoms with E-state index in [0.29, 0.717) is 24.9 Å². The minimum atomic E-state index is -1.39. The van der Waals surface area contributed by atoms with Gasteiger partial charge in [-0.2, -0.15) is 0 Å². The van der Waals surface area contributed by atoms with Crippen molar-refractivity contribution >= 4 is 12.3 Å². The Morgan fingerprint density at radius 2 is 1.62 bits per heavy atom. The smallest absolute Gasteiger partial charge is 0.422 e. The molecule has 144 valence electrons. The topological polar surface area (TPSA) is 80.3 Å². The molecule has 0 bridgehead atoms. The molecule has 7 nitrogen and oxygen atoms in total. The Kier molecular flexibility index (Phi) is 3.85. The van der Waals surface area contributed by atoms with Crippen molar-refractivity contribution in [1.29, 1.82) is 0 Å². The Morgan fingerprint density at radius 1 is 0.808 bits per heavy atom. The van der Waals surface area contributed by atoms with Gasteiger partial charge in [0, 0.05) is 12.5 Å². The van der Waals surface area contributed by atoms with Crippen LogP contribution in [0.15, 0.2) is 0 Å². The lowest BCUT2D eigenvalue weighted by Gasteiger charge is -2.48. The summed E-state index contributed by atoms with van der Waals surface area (Å²) < 4.78 is 28.1. The van der Waals surface area contributed by atoms with Crippen LogP contribution in [0, 0.1) is 11.8 Å². The maximum absolute atomic E-state index is 12.1. The van der Waals surface area contributed by atoms with Crippen LogP contribution in [0.25, 0.3) is 0 Å². The average molecular weight is 366 g/mol. The number of hydrogen-bond acceptors (Lipinski definition) is 7. The summed E-state index contributed by atoms with van der Waals surface area (Å²) in [6.07, 6.45) is 7.92. The molecule has 0 N–H and O–H groups in total. The minimum Gasteiger partial charge on any atom is -0.422 e. The zero-order chi connectivity index (χ0) is 17.8. The molecule has 0 radical (unpaired) electrons. The monoisotopic (exact) mass is 366 g/mol. The fraction of sp³-hybridized carbons (Fsp3) is 0.895. The van der Waals surface area contributed by atoms with Crippen LogP contribution in [0.5, 0.6) is 0 Å². The summed E-state index contributed by atoms with van der Waals surface area (Å²) in [5.74, 6) is -0.706. The summed E-state index contributed by atoms with van der Waals surface area (Å²) in [5.41, 5.74) is -0.905. The second-order valence-electron chi connectivity index (χ2n) is 8.38. The lowest BCUT2D eigenvalue weighted by Crippen LogP contribution is -2.64. The van der Waals surface area contributed by atoms with Gasteiger partial charge in [-0.15, -0.1) is 0 Å². The van der Waals surface area contributed by atoms with Crippen molar-refractivity contribution < 1.29 is 33.3 Å². The molecule has 3 heterocycles. The van der Waals surface area contributed by atoms with Crippen molar-refractivity contribution in [2.75, 3.05) is 6.61 Å². The Balaban J connectivity index is 1.37. The van der Waals surface area contributed by atoms with E-state index in [2.05, 4.69) is 0 Å². The van der Waals surface area contributed by atoms with Gasteiger partial charge in [0.05, 0.1) is 6.10 Å². The zero-order valence-corrected chi connectivity index (χ0v) is 14.9. The molecule has 5 aliphatic rings. The maximum atomic E-state index is 12.1. The molecule has 26 heavy (non-hydrogen) atoms. The highest BCUT2D eigenvalue weighted by Gasteiger charge is 2.77. The maximum Gasteiger partial charge on any atom is 0.512 e. The lowest BCUT2D eigenvalue weighted by molar-refractivity contribution is -0.245. The van der Waals surface area contributed by atoms with Gasteiger partial charge in [0.1, 0.15) is 0 Å². The first-order valence-corrected chi connectivity index (χ1v) is 10.1. The lowest BCUT2D eigenvalue weighted by atomic mass is 9.63. The van der Waals surface area contributed by atoms with Crippen molar-refractivity contribution in [3.63, 3.8) is 0 Å². The highest BCUT2D eigenvalue weighted by atomic mass is 16.9. The van der Waals surface area contributed by atoms with E-state index in [1.807, 2.05) is 0 Å². The van der Waals surface area contributed by atoms with Crippen molar-refractivity contribution in [3.8, 4) is 0 Å². The van der Waals surface area contributed by atoms with Gasteiger partial charge < -0.3 is 23.7 Å². The highest BCUT2D eigenvalue weighted by molar-refractivity contribution is 5.69. The summed E-state index contributed by atoms with van der Waals surface area (Å²) in [4.78, 5) is 23.9. The van der Waals surface area contributed by atoms with Crippen LogP contribution in [-0.4, -0.2) is 42.5 Å². The van der Waals surface area contributed by atoms with Crippen LogP contribution < -0.4 is 0 Å². The van der Waals surface area contributed by atoms with Crippen molar-refractivity contribution in [2.45, 2.75) is 87.8 Å². The Hall–Kier alpha value is -1.50. The first-order chi connectivity index (χ1) is 12.6. The number of rotatable bonds is 2. The minimum absolute atomic E-state index is 0.117. The number of carbonyl (C=O) groups excluding carboxylic acids is 2. The third-order valence-electron chi connectivity index (χ3n) is 7.17. The molecule has 3 aliphatic heterocycles. The molecule has 0 amide bonds. The number of hydrogen-bond donors (Lipinski definition) is 0. The molecule has 4 atom stereocenters. The fourth-order valence-corrected chi connectivity index (χ4v) is 5.99. The van der Waals surface area contributed by atoms with Crippen molar-refractivity contribution in [3.05, 3.63) is 0 Å². The molecule has 0 aromatic rings. The molecule has 0 aromatic carbocycles. The van der Waals surface area contributed by atoms with E-state index in [1.165, 1.54) is 6.42 Å². The second kappa shape index (κ2) is 6.01. The van der Waals surface area contributed by atoms with E-state index in [1.54, 1.807) is 0 Å². The molecular formula is C19H26O7. The first kappa shape index (κ1) is 16.7. The predicted octanol–water partition coefficient (Wildman–Crippen LogP) is 3.68. The normalized spacial score (nSPS) is 47.8. The molecule has 4 unspecified atom stereocenters. The SMILES string of the molecule is O=C1OC2CCCC3(C4CCC(C5CCCCO5)CC4)OC(=O)OC23O1. The van der Waals surface area contributed by atoms with Crippen LogP contribution in [0.4, 0.5) is 9.59 Å². The quantitative estimate of drug-likeness (QED) is 0.690. The van der Waals surface area contributed by atoms with Crippen LogP contribution in [-0.2, 0) is 23.7 Å². The van der Waals surface area contributed by atoms with Crippen LogP contribution >= 0.6 is 0 Å². The van der Waals surface area contributed by atoms with Gasteiger partial charge in [0.2, 0.25) is 0 Å². The van der Waals surface area contributed by atoms with Gasteiger partial charge in [-0.05, 0) is 70.1 Å². The largest absolute Gasteiger partial charge is 0.512 e. The molecule has 0 aromatic heterocycles. The van der Waals surface area contributed by atoms with E-state index >= 15 is 0 Å². The highest BCUT2D eigenvalue weighted by Crippen LogP contribution is 2.58. The van der Waals surface area contributed by atoms with Gasteiger partial charge in [-0.25, -0.2) is 9.59 Å². The van der Waals surface area contributed by atoms with Gasteiger partial charge in [-0.1, -0.05) is 0 Å². The van der Waals surface area contributed by atoms with Crippen LogP contribution in [0.3, 0.4) is 0 Å². The molecule has 5 fully saturated rings. The van der Waals surface area contributed by atoms with E-state index < -0.39 is 29.8 Å². The molecule has 3 saturated heterocycles. The van der Waals surface area contributed by atoms with Gasteiger partial charge in [0.25, 0.3) is 0 Å². The fourth-order valence-electron chi connectivity index (χ4n) is 5.99. The Labute approximate surface area is 152 Å². The second-order valence-corrected chi connectivity index (χ2v) is 8.38. The average Bonchev–Trinajstić information content (AvgIpc) is 3.14. The van der Waals surface area contributed by atoms with Gasteiger partial charge in [-0.3, -0.25) is 0 Å². The van der Waals surface area contributed by atoms with Crippen molar-refractivity contribution in [1.82, 2.24) is 0 Å². The summed E-state index contributed by atoms with van der Waals surface area (Å²) in [6, 6.07) is 0. The molecule has 7 heteroatoms. The Morgan fingerprint density at radius 3 is 2.38 bits per heavy atom. The predicted molar refractivity (Wildman–Crippen MR) is 87.3 cm³/mol. The summed E-state index contributed by atoms with van der Waals surface area (Å²) in [7, 11) is 0. The first-order valence-electron chi connectivity index (χ1n) is 10.1. The zero-order valence-electron chi connectivity index (χ0n) is 14.9. The molecule has 5 rings (SSSR count). The number of carbonyl (C=O) groups is 2. The summed E-state index contributed by atoms with van der Waals surface area (Å²) in [5, 5.41) is 0. The molecular weight excluding hydrogens is 340 g/mol. The van der Waals surface area contributed by atoms with Crippen molar-refractivity contribution in [2.24, 2.45) is 11.8 Å². The summed E-state index contributed by atoms with van der Waals surface area (Å²) in [6.45, 7) is 0.873. The summed E-state index contributed by atoms with van der Waals surface area (Å²) >= 11 is 0. The Bertz CT molecular complexity index is 589. The van der Waals surface area contributed by atoms with E-state index in [0.717, 1.165) is 51.6 Å². The molecule has 2 aliphatic carbocycles. The standard InChI is InChI=1S/C19H26O7/c20-16-23-15-5-3-10-18(19(15,25-16)26-17(21)24-18)13-8-6-12(7-9-13)14-4-1-2-11-22-14/h12-15H,1-11H2. The van der Waals surface area contributed by atoms with Gasteiger partial charge in [0.15, 0.2) is 11.7 Å². The van der Waals surface area contributed by atoms with Crippen LogP contribution in [0.1, 0.15) is 64.2 Å². The van der Waals surface area contributed by atoms with Gasteiger partial charge >= 0.3 is 18.1 Å². The van der Waals surface area contributed by atoms with Crippen LogP contribution in [0.2, 0.25) is 0 Å². The molecule has 2 saturated carbocycles. The van der Waals surface area contributed by atoms with E-state index in [9.17, 15) is 9.59 Å². The third kappa shape index (κ3) is 2.28. The van der Waals surface area contributed by atoms with E-state index in [4.69, 9.17) is 23.7 Å². The third-order valence-corrected chi connectivity index (χ3v) is 7.17. The van der Waals surface area contributed by atoms with E-state index in [-0.39, 0.29) is 5.92 Å². The number of ether oxygens (including phenoxy) is 5.